The quantitative estimate of drug-likeness (QED) is 0.119. The molecule has 0 saturated heterocycles. The summed E-state index contributed by atoms with van der Waals surface area (Å²) in [5.41, 5.74) is 4.08. The predicted molar refractivity (Wildman–Crippen MR) is 215 cm³/mol. The standard InChI is InChI=1S/C42H56N2O4Si2.ClH.Mn/c1-41(2,3)35-25-33(47-49(7,8)9)23-31(39(35)45)27-43-37(29-19-15-13-16-20-29)38(30-21-17-14-18-22-30)44-28-32-24-34(48-50(10,11)12)26-36(40(32)46)42(4,5)6;;/h13-28,37-38,45-46H,1-12H3;1H;/p-1. The van der Waals surface area contributed by atoms with Gasteiger partial charge in [-0.3, -0.25) is 9.98 Å². The molecule has 0 bridgehead atoms. The van der Waals surface area contributed by atoms with Crippen molar-refractivity contribution in [3.8, 4) is 23.0 Å². The molecule has 0 aliphatic rings. The van der Waals surface area contributed by atoms with Gasteiger partial charge in [0.05, 0.1) is 0 Å². The third-order valence-corrected chi connectivity index (χ3v) is 9.72. The Morgan fingerprint density at radius 2 is 0.865 bits per heavy atom. The Morgan fingerprint density at radius 3 is 1.13 bits per heavy atom. The van der Waals surface area contributed by atoms with Crippen molar-refractivity contribution in [2.45, 2.75) is 104 Å². The van der Waals surface area contributed by atoms with Crippen molar-refractivity contribution in [2.75, 3.05) is 0 Å². The first kappa shape index (κ1) is 44.8. The molecule has 0 aliphatic carbocycles. The van der Waals surface area contributed by atoms with Crippen LogP contribution in [0, 0.1) is 0 Å². The van der Waals surface area contributed by atoms with Gasteiger partial charge in [-0.05, 0) is 85.5 Å². The van der Waals surface area contributed by atoms with E-state index in [-0.39, 0.29) is 51.8 Å². The smallest absolute Gasteiger partial charge is 0.242 e. The molecule has 2 atom stereocenters. The van der Waals surface area contributed by atoms with E-state index in [1.54, 1.807) is 12.4 Å². The van der Waals surface area contributed by atoms with Gasteiger partial charge in [-0.1, -0.05) is 102 Å². The zero-order chi connectivity index (χ0) is 37.1. The molecule has 0 heterocycles. The fraction of sp³-hybridized carbons (Fsp3) is 0.381. The maximum atomic E-state index is 11.6. The van der Waals surface area contributed by atoms with E-state index in [4.69, 9.17) is 18.8 Å². The number of aliphatic imine (C=N–C) groups is 2. The predicted octanol–water partition coefficient (Wildman–Crippen LogP) is 8.14. The van der Waals surface area contributed by atoms with Gasteiger partial charge >= 0.3 is 0 Å². The molecule has 4 aromatic carbocycles. The van der Waals surface area contributed by atoms with E-state index < -0.39 is 28.7 Å². The van der Waals surface area contributed by atoms with E-state index in [2.05, 4.69) is 105 Å². The summed E-state index contributed by atoms with van der Waals surface area (Å²) in [4.78, 5) is 10.4. The summed E-state index contributed by atoms with van der Waals surface area (Å²) in [7, 11) is -3.87. The van der Waals surface area contributed by atoms with E-state index in [0.29, 0.717) is 11.1 Å². The first-order valence-corrected chi connectivity index (χ1v) is 24.2. The molecule has 0 fully saturated rings. The van der Waals surface area contributed by atoms with Crippen LogP contribution >= 0.6 is 0 Å². The number of nitrogens with zero attached hydrogens (tertiary/aromatic N) is 2. The van der Waals surface area contributed by atoms with E-state index in [1.807, 2.05) is 60.7 Å². The minimum Gasteiger partial charge on any atom is -1.00 e. The van der Waals surface area contributed by atoms with Crippen molar-refractivity contribution >= 4 is 29.1 Å². The van der Waals surface area contributed by atoms with E-state index in [0.717, 1.165) is 33.8 Å². The van der Waals surface area contributed by atoms with Crippen LogP contribution in [-0.2, 0) is 27.9 Å². The molecule has 10 heteroatoms. The first-order valence-electron chi connectivity index (χ1n) is 17.4. The molecule has 1 radical (unpaired) electrons. The summed E-state index contributed by atoms with van der Waals surface area (Å²) in [6, 6.07) is 26.9. The zero-order valence-electron chi connectivity index (χ0n) is 32.8. The van der Waals surface area contributed by atoms with Crippen molar-refractivity contribution in [1.82, 2.24) is 0 Å². The number of phenolic OH excluding ortho intramolecular Hbond substituents is 2. The minimum atomic E-state index is -1.93. The number of rotatable bonds is 11. The van der Waals surface area contributed by atoms with Gasteiger partial charge in [0, 0.05) is 51.8 Å². The third-order valence-electron chi connectivity index (χ3n) is 8.02. The minimum absolute atomic E-state index is 0. The Kier molecular flexibility index (Phi) is 15.2. The fourth-order valence-electron chi connectivity index (χ4n) is 5.75. The second-order valence-electron chi connectivity index (χ2n) is 17.0. The SMILES string of the molecule is CC(C)(C)c1cc(O[Si](C)(C)C)cc(C=NC(c2ccccc2)C(N=Cc2cc(O[Si](C)(C)C)cc(C(C)(C)C)c2O)c2ccccc2)c1O.[Cl-].[Mn]. The van der Waals surface area contributed by atoms with Crippen molar-refractivity contribution in [2.24, 2.45) is 9.98 Å². The zero-order valence-corrected chi connectivity index (χ0v) is 36.7. The van der Waals surface area contributed by atoms with Gasteiger partial charge in [0.25, 0.3) is 0 Å². The average molecular weight is 799 g/mol. The molecular weight excluding hydrogens is 743 g/mol. The van der Waals surface area contributed by atoms with Crippen LogP contribution in [-0.4, -0.2) is 39.3 Å². The van der Waals surface area contributed by atoms with E-state index in [9.17, 15) is 10.2 Å². The molecule has 281 valence electrons. The second kappa shape index (κ2) is 17.7. The van der Waals surface area contributed by atoms with Gasteiger partial charge in [-0.15, -0.1) is 0 Å². The summed E-state index contributed by atoms with van der Waals surface area (Å²) in [6.07, 6.45) is 3.50. The van der Waals surface area contributed by atoms with Gasteiger partial charge in [-0.25, -0.2) is 0 Å². The van der Waals surface area contributed by atoms with Crippen molar-refractivity contribution < 1.29 is 48.5 Å². The largest absolute Gasteiger partial charge is 1.00 e. The molecule has 0 aliphatic heterocycles. The number of phenols is 2. The van der Waals surface area contributed by atoms with E-state index >= 15 is 0 Å². The van der Waals surface area contributed by atoms with Crippen LogP contribution in [0.2, 0.25) is 39.3 Å². The first-order chi connectivity index (χ1) is 23.1. The summed E-state index contributed by atoms with van der Waals surface area (Å²) in [5, 5.41) is 23.1. The topological polar surface area (TPSA) is 83.6 Å². The maximum absolute atomic E-state index is 11.6. The Morgan fingerprint density at radius 1 is 0.558 bits per heavy atom. The van der Waals surface area contributed by atoms with Gasteiger partial charge in [0.1, 0.15) is 35.1 Å². The Labute approximate surface area is 331 Å². The molecule has 0 aromatic heterocycles. The molecule has 0 spiro atoms. The van der Waals surface area contributed by atoms with Crippen LogP contribution < -0.4 is 21.3 Å². The number of hydrogen-bond acceptors (Lipinski definition) is 6. The summed E-state index contributed by atoms with van der Waals surface area (Å²) in [6.45, 7) is 25.4. The Balaban J connectivity index is 0.00000468. The van der Waals surface area contributed by atoms with Gasteiger partial charge in [0.2, 0.25) is 16.6 Å². The third kappa shape index (κ3) is 12.4. The van der Waals surface area contributed by atoms with Crippen molar-refractivity contribution in [3.05, 3.63) is 118 Å². The molecule has 52 heavy (non-hydrogen) atoms. The Hall–Kier alpha value is -3.34. The fourth-order valence-corrected chi connectivity index (χ4v) is 7.40. The van der Waals surface area contributed by atoms with E-state index in [1.165, 1.54) is 0 Å². The maximum Gasteiger partial charge on any atom is 0.242 e. The summed E-state index contributed by atoms with van der Waals surface area (Å²) >= 11 is 0. The molecule has 0 saturated carbocycles. The van der Waals surface area contributed by atoms with Crippen LogP contribution in [0.1, 0.15) is 87.0 Å². The van der Waals surface area contributed by atoms with Crippen LogP contribution in [0.3, 0.4) is 0 Å². The number of halogens is 1. The molecule has 4 rings (SSSR count). The van der Waals surface area contributed by atoms with Crippen LogP contribution in [0.25, 0.3) is 0 Å². The van der Waals surface area contributed by atoms with Crippen LogP contribution in [0.5, 0.6) is 23.0 Å². The average Bonchev–Trinajstić information content (AvgIpc) is 2.99. The summed E-state index contributed by atoms with van der Waals surface area (Å²) < 4.78 is 12.8. The van der Waals surface area contributed by atoms with Crippen LogP contribution in [0.15, 0.2) is 94.9 Å². The van der Waals surface area contributed by atoms with Gasteiger partial charge < -0.3 is 31.5 Å². The molecule has 2 unspecified atom stereocenters. The molecule has 0 amide bonds. The molecular formula is C42H56ClMnN2O4Si2-. The number of benzene rings is 4. The normalized spacial score (nSPS) is 13.7. The van der Waals surface area contributed by atoms with Crippen molar-refractivity contribution in [3.63, 3.8) is 0 Å². The molecule has 6 nitrogen and oxygen atoms in total. The Bertz CT molecular complexity index is 1690. The van der Waals surface area contributed by atoms with Crippen LogP contribution in [0.4, 0.5) is 0 Å². The monoisotopic (exact) mass is 798 g/mol. The number of aromatic hydroxyl groups is 2. The van der Waals surface area contributed by atoms with Crippen molar-refractivity contribution in [1.29, 1.82) is 0 Å². The van der Waals surface area contributed by atoms with Gasteiger partial charge in [0.15, 0.2) is 0 Å². The number of hydrogen-bond donors (Lipinski definition) is 2. The van der Waals surface area contributed by atoms with Gasteiger partial charge in [-0.2, -0.15) is 0 Å². The second-order valence-corrected chi connectivity index (χ2v) is 25.9. The summed E-state index contributed by atoms with van der Waals surface area (Å²) in [5.74, 6) is 1.84. The molecule has 2 N–H and O–H groups in total. The molecule has 4 aromatic rings.